The molecule has 0 unspecified atom stereocenters. The maximum atomic E-state index is 11.7. The number of amides is 1. The van der Waals surface area contributed by atoms with E-state index in [0.717, 1.165) is 4.47 Å². The van der Waals surface area contributed by atoms with E-state index in [1.54, 1.807) is 23.1 Å². The molecule has 0 aromatic carbocycles. The van der Waals surface area contributed by atoms with Gasteiger partial charge in [0.05, 0.1) is 12.1 Å². The highest BCUT2D eigenvalue weighted by molar-refractivity contribution is 9.10. The van der Waals surface area contributed by atoms with E-state index in [2.05, 4.69) is 31.3 Å². The van der Waals surface area contributed by atoms with Crippen molar-refractivity contribution in [3.8, 4) is 0 Å². The summed E-state index contributed by atoms with van der Waals surface area (Å²) in [5.74, 6) is -0.133. The van der Waals surface area contributed by atoms with E-state index >= 15 is 0 Å². The van der Waals surface area contributed by atoms with Crippen molar-refractivity contribution in [3.63, 3.8) is 0 Å². The second-order valence-electron chi connectivity index (χ2n) is 3.42. The molecule has 0 fully saturated rings. The van der Waals surface area contributed by atoms with Crippen molar-refractivity contribution in [2.24, 2.45) is 0 Å². The molecule has 1 N–H and O–H groups in total. The third-order valence-electron chi connectivity index (χ3n) is 2.15. The summed E-state index contributed by atoms with van der Waals surface area (Å²) in [7, 11) is 0. The molecule has 2 rings (SSSR count). The van der Waals surface area contributed by atoms with E-state index in [0.29, 0.717) is 18.7 Å². The van der Waals surface area contributed by atoms with E-state index in [1.807, 2.05) is 12.3 Å². The lowest BCUT2D eigenvalue weighted by atomic mass is 10.3. The number of hydrogen-bond donors (Lipinski definition) is 1. The first-order chi connectivity index (χ1) is 8.25. The zero-order chi connectivity index (χ0) is 12.1. The quantitative estimate of drug-likeness (QED) is 0.929. The number of carbonyl (C=O) groups is 1. The third-order valence-corrected chi connectivity index (χ3v) is 2.59. The third kappa shape index (κ3) is 3.39. The highest BCUT2D eigenvalue weighted by atomic mass is 79.9. The van der Waals surface area contributed by atoms with Crippen molar-refractivity contribution < 1.29 is 4.79 Å². The second kappa shape index (κ2) is 5.58. The molecule has 2 heterocycles. The van der Waals surface area contributed by atoms with Crippen LogP contribution >= 0.6 is 15.9 Å². The van der Waals surface area contributed by atoms with Crippen LogP contribution in [0.25, 0.3) is 0 Å². The van der Waals surface area contributed by atoms with E-state index in [9.17, 15) is 4.79 Å². The fraction of sp³-hybridized carbons (Fsp3) is 0.182. The summed E-state index contributed by atoms with van der Waals surface area (Å²) >= 11 is 3.27. The van der Waals surface area contributed by atoms with Crippen LogP contribution in [0.2, 0.25) is 0 Å². The van der Waals surface area contributed by atoms with E-state index in [-0.39, 0.29) is 5.91 Å². The molecule has 0 aliphatic heterocycles. The van der Waals surface area contributed by atoms with Crippen LogP contribution < -0.4 is 5.32 Å². The van der Waals surface area contributed by atoms with Crippen LogP contribution in [0.5, 0.6) is 0 Å². The van der Waals surface area contributed by atoms with Gasteiger partial charge in [0.1, 0.15) is 0 Å². The van der Waals surface area contributed by atoms with Crippen molar-refractivity contribution >= 4 is 21.8 Å². The Labute approximate surface area is 107 Å². The lowest BCUT2D eigenvalue weighted by Gasteiger charge is -2.05. The zero-order valence-electron chi connectivity index (χ0n) is 9.01. The summed E-state index contributed by atoms with van der Waals surface area (Å²) < 4.78 is 2.55. The summed E-state index contributed by atoms with van der Waals surface area (Å²) in [6.07, 6.45) is 6.74. The van der Waals surface area contributed by atoms with Crippen molar-refractivity contribution in [3.05, 3.63) is 47.0 Å². The number of pyridine rings is 1. The monoisotopic (exact) mass is 294 g/mol. The Morgan fingerprint density at radius 1 is 1.47 bits per heavy atom. The first-order valence-electron chi connectivity index (χ1n) is 5.12. The Balaban J connectivity index is 1.85. The Bertz CT molecular complexity index is 498. The standard InChI is InChI=1S/C11H11BrN4O/c12-10-6-9(7-13-8-10)11(17)14-3-5-16-4-1-2-15-16/h1-2,4,6-8H,3,5H2,(H,14,17). The van der Waals surface area contributed by atoms with Gasteiger partial charge in [-0.05, 0) is 28.1 Å². The summed E-state index contributed by atoms with van der Waals surface area (Å²) in [5, 5.41) is 6.85. The molecular weight excluding hydrogens is 284 g/mol. The molecule has 17 heavy (non-hydrogen) atoms. The topological polar surface area (TPSA) is 59.8 Å². The minimum absolute atomic E-state index is 0.133. The first-order valence-corrected chi connectivity index (χ1v) is 5.91. The molecule has 0 saturated heterocycles. The van der Waals surface area contributed by atoms with E-state index < -0.39 is 0 Å². The lowest BCUT2D eigenvalue weighted by Crippen LogP contribution is -2.27. The second-order valence-corrected chi connectivity index (χ2v) is 4.33. The van der Waals surface area contributed by atoms with Gasteiger partial charge >= 0.3 is 0 Å². The normalized spacial score (nSPS) is 10.2. The number of nitrogens with one attached hydrogen (secondary N) is 1. The number of rotatable bonds is 4. The molecule has 2 aromatic heterocycles. The Kier molecular flexibility index (Phi) is 3.87. The minimum Gasteiger partial charge on any atom is -0.350 e. The maximum Gasteiger partial charge on any atom is 0.252 e. The molecule has 5 nitrogen and oxygen atoms in total. The van der Waals surface area contributed by atoms with Crippen LogP contribution in [-0.4, -0.2) is 27.2 Å². The fourth-order valence-corrected chi connectivity index (χ4v) is 1.72. The SMILES string of the molecule is O=C(NCCn1cccn1)c1cncc(Br)c1. The molecule has 0 aliphatic rings. The molecule has 88 valence electrons. The van der Waals surface area contributed by atoms with Gasteiger partial charge in [0.15, 0.2) is 0 Å². The number of carbonyl (C=O) groups excluding carboxylic acids is 1. The van der Waals surface area contributed by atoms with Gasteiger partial charge in [0.2, 0.25) is 0 Å². The van der Waals surface area contributed by atoms with Gasteiger partial charge in [0.25, 0.3) is 5.91 Å². The highest BCUT2D eigenvalue weighted by Gasteiger charge is 2.05. The Hall–Kier alpha value is -1.69. The van der Waals surface area contributed by atoms with Crippen molar-refractivity contribution in [2.75, 3.05) is 6.54 Å². The highest BCUT2D eigenvalue weighted by Crippen LogP contribution is 2.09. The molecule has 6 heteroatoms. The van der Waals surface area contributed by atoms with E-state index in [1.165, 1.54) is 6.20 Å². The van der Waals surface area contributed by atoms with Gasteiger partial charge in [-0.25, -0.2) is 0 Å². The van der Waals surface area contributed by atoms with Gasteiger partial charge in [-0.2, -0.15) is 5.10 Å². The zero-order valence-corrected chi connectivity index (χ0v) is 10.6. The average molecular weight is 295 g/mol. The van der Waals surface area contributed by atoms with Crippen LogP contribution in [0.1, 0.15) is 10.4 Å². The number of nitrogens with zero attached hydrogens (tertiary/aromatic N) is 3. The minimum atomic E-state index is -0.133. The number of hydrogen-bond acceptors (Lipinski definition) is 3. The molecule has 0 spiro atoms. The molecule has 2 aromatic rings. The van der Waals surface area contributed by atoms with Crippen molar-refractivity contribution in [2.45, 2.75) is 6.54 Å². The lowest BCUT2D eigenvalue weighted by molar-refractivity contribution is 0.0951. The van der Waals surface area contributed by atoms with Crippen LogP contribution in [0.4, 0.5) is 0 Å². The maximum absolute atomic E-state index is 11.7. The van der Waals surface area contributed by atoms with Crippen molar-refractivity contribution in [1.82, 2.24) is 20.1 Å². The molecular formula is C11H11BrN4O. The predicted molar refractivity (Wildman–Crippen MR) is 66.5 cm³/mol. The summed E-state index contributed by atoms with van der Waals surface area (Å²) in [6.45, 7) is 1.19. The Morgan fingerprint density at radius 3 is 3.06 bits per heavy atom. The van der Waals surface area contributed by atoms with Crippen LogP contribution in [0.3, 0.4) is 0 Å². The van der Waals surface area contributed by atoms with Crippen LogP contribution in [0, 0.1) is 0 Å². The summed E-state index contributed by atoms with van der Waals surface area (Å²) in [5.41, 5.74) is 0.542. The fourth-order valence-electron chi connectivity index (χ4n) is 1.35. The molecule has 0 saturated carbocycles. The largest absolute Gasteiger partial charge is 0.350 e. The molecule has 0 atom stereocenters. The number of aromatic nitrogens is 3. The van der Waals surface area contributed by atoms with Gasteiger partial charge < -0.3 is 5.32 Å². The smallest absolute Gasteiger partial charge is 0.252 e. The predicted octanol–water partition coefficient (Wildman–Crippen LogP) is 1.47. The molecule has 1 amide bonds. The first kappa shape index (κ1) is 11.8. The summed E-state index contributed by atoms with van der Waals surface area (Å²) in [6, 6.07) is 3.58. The molecule has 0 radical (unpaired) electrons. The Morgan fingerprint density at radius 2 is 2.35 bits per heavy atom. The molecule has 0 bridgehead atoms. The van der Waals surface area contributed by atoms with Gasteiger partial charge in [-0.3, -0.25) is 14.5 Å². The van der Waals surface area contributed by atoms with Gasteiger partial charge in [-0.1, -0.05) is 0 Å². The van der Waals surface area contributed by atoms with E-state index in [4.69, 9.17) is 0 Å². The average Bonchev–Trinajstić information content (AvgIpc) is 2.82. The van der Waals surface area contributed by atoms with Crippen LogP contribution in [0.15, 0.2) is 41.4 Å². The molecule has 0 aliphatic carbocycles. The van der Waals surface area contributed by atoms with Crippen molar-refractivity contribution in [1.29, 1.82) is 0 Å². The van der Waals surface area contributed by atoms with Crippen LogP contribution in [-0.2, 0) is 6.54 Å². The van der Waals surface area contributed by atoms with Gasteiger partial charge in [-0.15, -0.1) is 0 Å². The number of halogens is 1. The van der Waals surface area contributed by atoms with Gasteiger partial charge in [0, 0.05) is 35.8 Å². The summed E-state index contributed by atoms with van der Waals surface area (Å²) in [4.78, 5) is 15.7.